The van der Waals surface area contributed by atoms with Crippen LogP contribution in [-0.2, 0) is 6.54 Å². The summed E-state index contributed by atoms with van der Waals surface area (Å²) in [4.78, 5) is 2.05. The Bertz CT molecular complexity index is 391. The molecule has 1 aliphatic rings. The standard InChI is InChI=1S/C12H15BrFNO/c1-2-12(16)7-15(8-12)6-9-3-4-10(13)5-11(9)14/h3-5,16H,2,6-8H2,1H3. The van der Waals surface area contributed by atoms with Crippen molar-refractivity contribution in [3.05, 3.63) is 34.1 Å². The van der Waals surface area contributed by atoms with Crippen molar-refractivity contribution in [2.45, 2.75) is 25.5 Å². The van der Waals surface area contributed by atoms with Gasteiger partial charge in [0.1, 0.15) is 5.82 Å². The molecule has 0 bridgehead atoms. The average molecular weight is 288 g/mol. The third-order valence-electron chi connectivity index (χ3n) is 3.10. The van der Waals surface area contributed by atoms with Gasteiger partial charge in [-0.2, -0.15) is 0 Å². The Morgan fingerprint density at radius 1 is 1.50 bits per heavy atom. The average Bonchev–Trinajstić information content (AvgIpc) is 2.19. The van der Waals surface area contributed by atoms with E-state index >= 15 is 0 Å². The Labute approximate surface area is 103 Å². The highest BCUT2D eigenvalue weighted by molar-refractivity contribution is 9.10. The van der Waals surface area contributed by atoms with Crippen molar-refractivity contribution in [1.29, 1.82) is 0 Å². The molecule has 1 aromatic rings. The van der Waals surface area contributed by atoms with Crippen LogP contribution in [0.15, 0.2) is 22.7 Å². The molecule has 88 valence electrons. The van der Waals surface area contributed by atoms with E-state index in [-0.39, 0.29) is 5.82 Å². The number of hydrogen-bond donors (Lipinski definition) is 1. The molecule has 0 radical (unpaired) electrons. The van der Waals surface area contributed by atoms with Gasteiger partial charge < -0.3 is 5.11 Å². The maximum atomic E-state index is 13.5. The van der Waals surface area contributed by atoms with Gasteiger partial charge in [0.25, 0.3) is 0 Å². The molecule has 0 spiro atoms. The number of likely N-dealkylation sites (tertiary alicyclic amines) is 1. The first kappa shape index (κ1) is 12.0. The van der Waals surface area contributed by atoms with Crippen LogP contribution in [0.5, 0.6) is 0 Å². The summed E-state index contributed by atoms with van der Waals surface area (Å²) in [5.74, 6) is -0.193. The predicted octanol–water partition coefficient (Wildman–Crippen LogP) is 2.54. The lowest BCUT2D eigenvalue weighted by molar-refractivity contribution is -0.103. The topological polar surface area (TPSA) is 23.5 Å². The van der Waals surface area contributed by atoms with Crippen molar-refractivity contribution in [3.63, 3.8) is 0 Å². The zero-order valence-corrected chi connectivity index (χ0v) is 10.8. The Hall–Kier alpha value is -0.450. The van der Waals surface area contributed by atoms with E-state index in [2.05, 4.69) is 20.8 Å². The molecule has 1 heterocycles. The van der Waals surface area contributed by atoms with E-state index in [1.54, 1.807) is 6.07 Å². The minimum absolute atomic E-state index is 0.193. The summed E-state index contributed by atoms with van der Waals surface area (Å²) in [5.41, 5.74) is 0.132. The van der Waals surface area contributed by atoms with Crippen LogP contribution in [0.4, 0.5) is 4.39 Å². The van der Waals surface area contributed by atoms with Crippen LogP contribution in [0.2, 0.25) is 0 Å². The predicted molar refractivity (Wildman–Crippen MR) is 64.6 cm³/mol. The fraction of sp³-hybridized carbons (Fsp3) is 0.500. The number of nitrogens with zero attached hydrogens (tertiary/aromatic N) is 1. The molecular formula is C12H15BrFNO. The normalized spacial score (nSPS) is 19.5. The van der Waals surface area contributed by atoms with Gasteiger partial charge in [0.15, 0.2) is 0 Å². The number of halogens is 2. The van der Waals surface area contributed by atoms with Gasteiger partial charge >= 0.3 is 0 Å². The fourth-order valence-electron chi connectivity index (χ4n) is 2.01. The van der Waals surface area contributed by atoms with Crippen LogP contribution in [0.3, 0.4) is 0 Å². The molecule has 0 unspecified atom stereocenters. The van der Waals surface area contributed by atoms with Crippen LogP contribution in [0.25, 0.3) is 0 Å². The maximum Gasteiger partial charge on any atom is 0.128 e. The fourth-order valence-corrected chi connectivity index (χ4v) is 2.35. The molecule has 1 saturated heterocycles. The summed E-state index contributed by atoms with van der Waals surface area (Å²) in [5, 5.41) is 9.84. The lowest BCUT2D eigenvalue weighted by atomic mass is 9.91. The number of rotatable bonds is 3. The Balaban J connectivity index is 1.96. The highest BCUT2D eigenvalue weighted by Crippen LogP contribution is 2.26. The molecule has 0 amide bonds. The van der Waals surface area contributed by atoms with Gasteiger partial charge in [-0.1, -0.05) is 28.9 Å². The van der Waals surface area contributed by atoms with E-state index in [4.69, 9.17) is 0 Å². The Morgan fingerprint density at radius 2 is 2.19 bits per heavy atom. The SMILES string of the molecule is CCC1(O)CN(Cc2ccc(Br)cc2F)C1. The molecule has 1 aliphatic heterocycles. The van der Waals surface area contributed by atoms with Crippen molar-refractivity contribution in [2.75, 3.05) is 13.1 Å². The highest BCUT2D eigenvalue weighted by Gasteiger charge is 2.39. The van der Waals surface area contributed by atoms with Crippen LogP contribution in [0, 0.1) is 5.82 Å². The van der Waals surface area contributed by atoms with Crippen LogP contribution in [-0.4, -0.2) is 28.7 Å². The molecule has 1 N–H and O–H groups in total. The highest BCUT2D eigenvalue weighted by atomic mass is 79.9. The van der Waals surface area contributed by atoms with Gasteiger partial charge in [0.05, 0.1) is 5.60 Å². The van der Waals surface area contributed by atoms with Crippen LogP contribution >= 0.6 is 15.9 Å². The van der Waals surface area contributed by atoms with Gasteiger partial charge in [-0.3, -0.25) is 4.90 Å². The molecule has 4 heteroatoms. The zero-order chi connectivity index (χ0) is 11.8. The van der Waals surface area contributed by atoms with E-state index in [9.17, 15) is 9.50 Å². The molecule has 1 aromatic carbocycles. The summed E-state index contributed by atoms with van der Waals surface area (Å²) >= 11 is 3.23. The minimum Gasteiger partial charge on any atom is -0.387 e. The van der Waals surface area contributed by atoms with Gasteiger partial charge in [-0.15, -0.1) is 0 Å². The minimum atomic E-state index is -0.550. The molecule has 2 nitrogen and oxygen atoms in total. The molecular weight excluding hydrogens is 273 g/mol. The maximum absolute atomic E-state index is 13.5. The lowest BCUT2D eigenvalue weighted by Gasteiger charge is -2.46. The number of hydrogen-bond acceptors (Lipinski definition) is 2. The summed E-state index contributed by atoms with van der Waals surface area (Å²) in [6, 6.07) is 5.09. The van der Waals surface area contributed by atoms with Gasteiger partial charge in [0.2, 0.25) is 0 Å². The van der Waals surface area contributed by atoms with Crippen molar-refractivity contribution < 1.29 is 9.50 Å². The van der Waals surface area contributed by atoms with Crippen LogP contribution < -0.4 is 0 Å². The third kappa shape index (κ3) is 2.44. The quantitative estimate of drug-likeness (QED) is 0.924. The van der Waals surface area contributed by atoms with E-state index in [0.29, 0.717) is 25.2 Å². The summed E-state index contributed by atoms with van der Waals surface area (Å²) in [6.07, 6.45) is 0.756. The molecule has 1 fully saturated rings. The Kier molecular flexibility index (Phi) is 3.33. The van der Waals surface area contributed by atoms with Gasteiger partial charge in [-0.05, 0) is 18.6 Å². The first-order valence-corrected chi connectivity index (χ1v) is 6.20. The van der Waals surface area contributed by atoms with Gasteiger partial charge in [-0.25, -0.2) is 4.39 Å². The summed E-state index contributed by atoms with van der Waals surface area (Å²) in [6.45, 7) is 3.82. The molecule has 0 aromatic heterocycles. The lowest BCUT2D eigenvalue weighted by Crippen LogP contribution is -2.60. The number of benzene rings is 1. The second kappa shape index (κ2) is 4.43. The number of β-amino-alcohol motifs (C(OH)–C–C–N with tert-alkyl or cyclic N) is 1. The smallest absolute Gasteiger partial charge is 0.128 e. The number of aliphatic hydroxyl groups is 1. The second-order valence-corrected chi connectivity index (χ2v) is 5.37. The molecule has 0 aliphatic carbocycles. The largest absolute Gasteiger partial charge is 0.387 e. The van der Waals surface area contributed by atoms with E-state index in [1.807, 2.05) is 13.0 Å². The summed E-state index contributed by atoms with van der Waals surface area (Å²) in [7, 11) is 0. The van der Waals surface area contributed by atoms with Gasteiger partial charge in [0, 0.05) is 29.7 Å². The van der Waals surface area contributed by atoms with Crippen LogP contribution in [0.1, 0.15) is 18.9 Å². The molecule has 0 atom stereocenters. The van der Waals surface area contributed by atoms with Crippen molar-refractivity contribution in [1.82, 2.24) is 4.90 Å². The molecule has 0 saturated carbocycles. The van der Waals surface area contributed by atoms with E-state index in [1.165, 1.54) is 6.07 Å². The first-order valence-electron chi connectivity index (χ1n) is 5.41. The zero-order valence-electron chi connectivity index (χ0n) is 9.21. The van der Waals surface area contributed by atoms with Crippen molar-refractivity contribution >= 4 is 15.9 Å². The van der Waals surface area contributed by atoms with Crippen molar-refractivity contribution in [2.24, 2.45) is 0 Å². The molecule has 16 heavy (non-hydrogen) atoms. The second-order valence-electron chi connectivity index (χ2n) is 4.46. The summed E-state index contributed by atoms with van der Waals surface area (Å²) < 4.78 is 14.3. The molecule has 2 rings (SSSR count). The van der Waals surface area contributed by atoms with E-state index in [0.717, 1.165) is 10.9 Å². The third-order valence-corrected chi connectivity index (χ3v) is 3.60. The van der Waals surface area contributed by atoms with Crippen molar-refractivity contribution in [3.8, 4) is 0 Å². The Morgan fingerprint density at radius 3 is 2.75 bits per heavy atom. The first-order chi connectivity index (χ1) is 7.52. The monoisotopic (exact) mass is 287 g/mol. The van der Waals surface area contributed by atoms with E-state index < -0.39 is 5.60 Å².